The van der Waals surface area contributed by atoms with Gasteiger partial charge in [-0.2, -0.15) is 5.10 Å². The van der Waals surface area contributed by atoms with Crippen LogP contribution in [0.3, 0.4) is 0 Å². The molecule has 1 aliphatic heterocycles. The Labute approximate surface area is 225 Å². The number of rotatable bonds is 9. The van der Waals surface area contributed by atoms with Gasteiger partial charge in [-0.1, -0.05) is 19.4 Å². The van der Waals surface area contributed by atoms with E-state index in [1.807, 2.05) is 13.0 Å². The second kappa shape index (κ2) is 11.2. The highest BCUT2D eigenvalue weighted by Crippen LogP contribution is 2.32. The second-order valence-electron chi connectivity index (χ2n) is 9.91. The van der Waals surface area contributed by atoms with Crippen molar-refractivity contribution in [3.05, 3.63) is 57.8 Å². The van der Waals surface area contributed by atoms with Gasteiger partial charge in [0.2, 0.25) is 5.95 Å². The smallest absolute Gasteiger partial charge is 0.338 e. The highest BCUT2D eigenvalue weighted by molar-refractivity contribution is 5.86. The maximum atomic E-state index is 13.0. The van der Waals surface area contributed by atoms with E-state index in [4.69, 9.17) is 14.8 Å². The summed E-state index contributed by atoms with van der Waals surface area (Å²) < 4.78 is 7.52. The standard InChI is InChI=1S/C28H33N7O4/c1-4-6-21-23-24(34(3)33-21)26(36)32-25(31-23)20-14-18(7-8-22(20)39-5-2)13-17-9-11-35(12-10-17)28-29-15-19(16-30-28)27(37)38/h7-8,14-17H,4-6,9-13H2,1-3H3,(H,37,38)(H,31,32,36). The van der Waals surface area contributed by atoms with Gasteiger partial charge >= 0.3 is 5.97 Å². The molecule has 0 radical (unpaired) electrons. The molecule has 11 nitrogen and oxygen atoms in total. The van der Waals surface area contributed by atoms with E-state index in [2.05, 4.69) is 44.0 Å². The number of anilines is 1. The highest BCUT2D eigenvalue weighted by atomic mass is 16.5. The average Bonchev–Trinajstić information content (AvgIpc) is 3.25. The summed E-state index contributed by atoms with van der Waals surface area (Å²) in [6.07, 6.45) is 7.17. The summed E-state index contributed by atoms with van der Waals surface area (Å²) in [6, 6.07) is 6.12. The number of nitrogens with one attached hydrogen (secondary N) is 1. The van der Waals surface area contributed by atoms with Gasteiger partial charge in [0.25, 0.3) is 5.56 Å². The third kappa shape index (κ3) is 5.47. The third-order valence-electron chi connectivity index (χ3n) is 7.16. The van der Waals surface area contributed by atoms with Crippen molar-refractivity contribution in [3.63, 3.8) is 0 Å². The van der Waals surface area contributed by atoms with Gasteiger partial charge in [-0.15, -0.1) is 0 Å². The SMILES string of the molecule is CCCc1nn(C)c2c(=O)[nH]c(-c3cc(CC4CCN(c5ncc(C(=O)O)cn5)CC4)ccc3OCC)nc12. The summed E-state index contributed by atoms with van der Waals surface area (Å²) in [5.41, 5.74) is 3.72. The lowest BCUT2D eigenvalue weighted by atomic mass is 9.89. The molecule has 0 saturated carbocycles. The van der Waals surface area contributed by atoms with Gasteiger partial charge in [-0.25, -0.2) is 19.7 Å². The molecule has 2 N–H and O–H groups in total. The minimum Gasteiger partial charge on any atom is -0.493 e. The number of ether oxygens (including phenoxy) is 1. The lowest BCUT2D eigenvalue weighted by Crippen LogP contribution is -2.35. The number of aromatic carboxylic acids is 1. The molecule has 0 unspecified atom stereocenters. The Morgan fingerprint density at radius 1 is 1.18 bits per heavy atom. The fraction of sp³-hybridized carbons (Fsp3) is 0.429. The Hall–Kier alpha value is -4.28. The summed E-state index contributed by atoms with van der Waals surface area (Å²) in [4.78, 5) is 42.5. The molecule has 11 heteroatoms. The van der Waals surface area contributed by atoms with Crippen molar-refractivity contribution in [3.8, 4) is 17.1 Å². The summed E-state index contributed by atoms with van der Waals surface area (Å²) in [5, 5.41) is 13.6. The molecule has 0 spiro atoms. The molecule has 1 fully saturated rings. The Bertz CT molecular complexity index is 1540. The van der Waals surface area contributed by atoms with Crippen LogP contribution in [0.1, 0.15) is 54.7 Å². The number of carboxylic acids is 1. The predicted octanol–water partition coefficient (Wildman–Crippen LogP) is 3.62. The monoisotopic (exact) mass is 531 g/mol. The maximum absolute atomic E-state index is 13.0. The Balaban J connectivity index is 1.37. The van der Waals surface area contributed by atoms with Gasteiger partial charge in [0, 0.05) is 32.5 Å². The van der Waals surface area contributed by atoms with Gasteiger partial charge in [-0.3, -0.25) is 9.48 Å². The van der Waals surface area contributed by atoms with Gasteiger partial charge in [0.05, 0.1) is 23.4 Å². The van der Waals surface area contributed by atoms with E-state index in [0.29, 0.717) is 41.1 Å². The third-order valence-corrected chi connectivity index (χ3v) is 7.16. The van der Waals surface area contributed by atoms with Gasteiger partial charge in [0.1, 0.15) is 17.1 Å². The molecule has 4 heterocycles. The number of nitrogens with zero attached hydrogens (tertiary/aromatic N) is 6. The molecule has 0 aliphatic carbocycles. The number of hydrogen-bond acceptors (Lipinski definition) is 8. The minimum atomic E-state index is -1.03. The Morgan fingerprint density at radius 3 is 2.59 bits per heavy atom. The van der Waals surface area contributed by atoms with Gasteiger partial charge in [-0.05, 0) is 56.2 Å². The van der Waals surface area contributed by atoms with Crippen LogP contribution in [0.15, 0.2) is 35.4 Å². The number of carboxylic acid groups (broad SMARTS) is 1. The van der Waals surface area contributed by atoms with E-state index in [0.717, 1.165) is 62.0 Å². The van der Waals surface area contributed by atoms with Crippen LogP contribution in [0.5, 0.6) is 5.75 Å². The van der Waals surface area contributed by atoms with Crippen LogP contribution in [0.4, 0.5) is 5.95 Å². The van der Waals surface area contributed by atoms with Crippen molar-refractivity contribution in [2.45, 2.75) is 46.0 Å². The first-order chi connectivity index (χ1) is 18.9. The molecule has 0 amide bonds. The number of carbonyl (C=O) groups is 1. The van der Waals surface area contributed by atoms with E-state index >= 15 is 0 Å². The van der Waals surface area contributed by atoms with Crippen LogP contribution in [0.2, 0.25) is 0 Å². The largest absolute Gasteiger partial charge is 0.493 e. The molecule has 5 rings (SSSR count). The number of piperidine rings is 1. The first kappa shape index (κ1) is 26.3. The van der Waals surface area contributed by atoms with E-state index in [9.17, 15) is 9.59 Å². The van der Waals surface area contributed by atoms with Gasteiger partial charge in [0.15, 0.2) is 5.52 Å². The zero-order chi connectivity index (χ0) is 27.5. The molecule has 1 aromatic carbocycles. The van der Waals surface area contributed by atoms with E-state index in [-0.39, 0.29) is 11.1 Å². The molecular weight excluding hydrogens is 498 g/mol. The number of fused-ring (bicyclic) bond motifs is 1. The average molecular weight is 532 g/mol. The van der Waals surface area contributed by atoms with Crippen molar-refractivity contribution in [1.82, 2.24) is 29.7 Å². The number of H-pyrrole nitrogens is 1. The second-order valence-corrected chi connectivity index (χ2v) is 9.91. The topological polar surface area (TPSA) is 139 Å². The van der Waals surface area contributed by atoms with E-state index < -0.39 is 5.97 Å². The molecule has 204 valence electrons. The first-order valence-electron chi connectivity index (χ1n) is 13.4. The molecule has 39 heavy (non-hydrogen) atoms. The van der Waals surface area contributed by atoms with Crippen LogP contribution in [-0.2, 0) is 19.9 Å². The van der Waals surface area contributed by atoms with Crippen molar-refractivity contribution in [2.75, 3.05) is 24.6 Å². The number of aromatic nitrogens is 6. The molecule has 0 atom stereocenters. The zero-order valence-corrected chi connectivity index (χ0v) is 22.5. The first-order valence-corrected chi connectivity index (χ1v) is 13.4. The van der Waals surface area contributed by atoms with Crippen LogP contribution < -0.4 is 15.2 Å². The van der Waals surface area contributed by atoms with Crippen LogP contribution in [0.25, 0.3) is 22.4 Å². The minimum absolute atomic E-state index is 0.0834. The molecule has 1 saturated heterocycles. The molecule has 3 aromatic heterocycles. The quantitative estimate of drug-likeness (QED) is 0.331. The van der Waals surface area contributed by atoms with Gasteiger partial charge < -0.3 is 19.7 Å². The fourth-order valence-electron chi connectivity index (χ4n) is 5.22. The summed E-state index contributed by atoms with van der Waals surface area (Å²) >= 11 is 0. The maximum Gasteiger partial charge on any atom is 0.338 e. The highest BCUT2D eigenvalue weighted by Gasteiger charge is 2.23. The van der Waals surface area contributed by atoms with Crippen molar-refractivity contribution in [1.29, 1.82) is 0 Å². The van der Waals surface area contributed by atoms with Crippen molar-refractivity contribution in [2.24, 2.45) is 13.0 Å². The fourth-order valence-corrected chi connectivity index (χ4v) is 5.22. The molecular formula is C28H33N7O4. The normalized spacial score (nSPS) is 14.2. The molecule has 4 aromatic rings. The Kier molecular flexibility index (Phi) is 7.58. The van der Waals surface area contributed by atoms with Crippen molar-refractivity contribution >= 4 is 23.0 Å². The molecule has 0 bridgehead atoms. The number of hydrogen-bond donors (Lipinski definition) is 2. The van der Waals surface area contributed by atoms with Crippen LogP contribution in [-0.4, -0.2) is 60.5 Å². The lowest BCUT2D eigenvalue weighted by molar-refractivity contribution is 0.0696. The van der Waals surface area contributed by atoms with Crippen molar-refractivity contribution < 1.29 is 14.6 Å². The van der Waals surface area contributed by atoms with Crippen LogP contribution in [0, 0.1) is 5.92 Å². The summed E-state index contributed by atoms with van der Waals surface area (Å²) in [6.45, 7) is 6.12. The van der Waals surface area contributed by atoms with E-state index in [1.165, 1.54) is 12.4 Å². The number of aromatic amines is 1. The molecule has 1 aliphatic rings. The summed E-state index contributed by atoms with van der Waals surface area (Å²) in [5.74, 6) is 1.16. The van der Waals surface area contributed by atoms with E-state index in [1.54, 1.807) is 11.7 Å². The Morgan fingerprint density at radius 2 is 1.92 bits per heavy atom. The predicted molar refractivity (Wildman–Crippen MR) is 147 cm³/mol. The number of benzene rings is 1. The zero-order valence-electron chi connectivity index (χ0n) is 22.5. The lowest BCUT2D eigenvalue weighted by Gasteiger charge is -2.32. The number of aryl methyl sites for hydroxylation is 2. The summed E-state index contributed by atoms with van der Waals surface area (Å²) in [7, 11) is 1.77. The van der Waals surface area contributed by atoms with Crippen LogP contribution >= 0.6 is 0 Å².